The van der Waals surface area contributed by atoms with Crippen LogP contribution in [0.25, 0.3) is 0 Å². The monoisotopic (exact) mass is 250 g/mol. The zero-order valence-corrected chi connectivity index (χ0v) is 10.7. The number of hydrogen-bond acceptors (Lipinski definition) is 3. The third kappa shape index (κ3) is 5.68. The lowest BCUT2D eigenvalue weighted by molar-refractivity contribution is -0.121. The first-order chi connectivity index (χ1) is 8.74. The molecule has 18 heavy (non-hydrogen) atoms. The van der Waals surface area contributed by atoms with Gasteiger partial charge in [-0.15, -0.1) is 0 Å². The van der Waals surface area contributed by atoms with Gasteiger partial charge in [-0.2, -0.15) is 0 Å². The Morgan fingerprint density at radius 3 is 2.72 bits per heavy atom. The molecule has 0 atom stereocenters. The maximum atomic E-state index is 11.5. The Labute approximate surface area is 108 Å². The first kappa shape index (κ1) is 14.5. The Hall–Kier alpha value is -1.55. The number of nitrogens with two attached hydrogens (primary N) is 1. The van der Waals surface area contributed by atoms with Crippen molar-refractivity contribution in [2.45, 2.75) is 32.1 Å². The van der Waals surface area contributed by atoms with Crippen molar-refractivity contribution in [3.63, 3.8) is 0 Å². The largest absolute Gasteiger partial charge is 0.508 e. The summed E-state index contributed by atoms with van der Waals surface area (Å²) in [6.45, 7) is 1.25. The summed E-state index contributed by atoms with van der Waals surface area (Å²) in [6.07, 6.45) is 4.08. The van der Waals surface area contributed by atoms with Crippen LogP contribution < -0.4 is 11.1 Å². The van der Waals surface area contributed by atoms with E-state index in [1.807, 2.05) is 12.1 Å². The van der Waals surface area contributed by atoms with Gasteiger partial charge in [-0.3, -0.25) is 4.79 Å². The Morgan fingerprint density at radius 2 is 2.00 bits per heavy atom. The molecule has 1 aromatic rings. The van der Waals surface area contributed by atoms with E-state index in [9.17, 15) is 9.90 Å². The minimum atomic E-state index is 0.0717. The number of unbranched alkanes of at least 4 members (excludes halogenated alkanes) is 2. The molecule has 0 aliphatic heterocycles. The van der Waals surface area contributed by atoms with Gasteiger partial charge in [0, 0.05) is 13.0 Å². The SMILES string of the molecule is NCCCCCC(=O)NCCc1ccccc1O. The fraction of sp³-hybridized carbons (Fsp3) is 0.500. The zero-order chi connectivity index (χ0) is 13.2. The molecule has 0 spiro atoms. The summed E-state index contributed by atoms with van der Waals surface area (Å²) in [5.41, 5.74) is 6.24. The highest BCUT2D eigenvalue weighted by Gasteiger charge is 2.02. The van der Waals surface area contributed by atoms with Gasteiger partial charge in [0.1, 0.15) is 5.75 Å². The normalized spacial score (nSPS) is 10.3. The highest BCUT2D eigenvalue weighted by Crippen LogP contribution is 2.15. The molecule has 0 saturated carbocycles. The van der Waals surface area contributed by atoms with Crippen LogP contribution in [-0.2, 0) is 11.2 Å². The summed E-state index contributed by atoms with van der Waals surface area (Å²) in [5, 5.41) is 12.4. The standard InChI is InChI=1S/C14H22N2O2/c15-10-5-1-2-8-14(18)16-11-9-12-6-3-4-7-13(12)17/h3-4,6-7,17H,1-2,5,8-11,15H2,(H,16,18). The van der Waals surface area contributed by atoms with Crippen molar-refractivity contribution >= 4 is 5.91 Å². The highest BCUT2D eigenvalue weighted by atomic mass is 16.3. The molecule has 0 fully saturated rings. The molecule has 0 unspecified atom stereocenters. The van der Waals surface area contributed by atoms with Crippen LogP contribution in [0.5, 0.6) is 5.75 Å². The van der Waals surface area contributed by atoms with Crippen molar-refractivity contribution in [2.24, 2.45) is 5.73 Å². The van der Waals surface area contributed by atoms with Gasteiger partial charge in [0.05, 0.1) is 0 Å². The summed E-state index contributed by atoms with van der Waals surface area (Å²) in [5.74, 6) is 0.358. The van der Waals surface area contributed by atoms with Crippen molar-refractivity contribution < 1.29 is 9.90 Å². The number of rotatable bonds is 8. The summed E-state index contributed by atoms with van der Waals surface area (Å²) in [6, 6.07) is 7.19. The molecule has 0 aliphatic carbocycles. The van der Waals surface area contributed by atoms with Gasteiger partial charge in [-0.05, 0) is 37.4 Å². The predicted molar refractivity (Wildman–Crippen MR) is 72.3 cm³/mol. The molecule has 0 heterocycles. The smallest absolute Gasteiger partial charge is 0.220 e. The number of carbonyl (C=O) groups excluding carboxylic acids is 1. The molecule has 0 bridgehead atoms. The molecule has 4 nitrogen and oxygen atoms in total. The van der Waals surface area contributed by atoms with E-state index in [1.54, 1.807) is 12.1 Å². The van der Waals surface area contributed by atoms with E-state index in [4.69, 9.17) is 5.73 Å². The average Bonchev–Trinajstić information content (AvgIpc) is 2.37. The molecular formula is C14H22N2O2. The Kier molecular flexibility index (Phi) is 6.87. The number of phenolic OH excluding ortho intramolecular Hbond substituents is 1. The van der Waals surface area contributed by atoms with Gasteiger partial charge >= 0.3 is 0 Å². The highest BCUT2D eigenvalue weighted by molar-refractivity contribution is 5.75. The van der Waals surface area contributed by atoms with Crippen molar-refractivity contribution in [2.75, 3.05) is 13.1 Å². The van der Waals surface area contributed by atoms with Crippen molar-refractivity contribution in [1.29, 1.82) is 0 Å². The fourth-order valence-electron chi connectivity index (χ4n) is 1.75. The molecule has 1 rings (SSSR count). The number of phenols is 1. The van der Waals surface area contributed by atoms with Crippen LogP contribution in [0.3, 0.4) is 0 Å². The van der Waals surface area contributed by atoms with E-state index >= 15 is 0 Å². The van der Waals surface area contributed by atoms with Crippen LogP contribution in [0.2, 0.25) is 0 Å². The van der Waals surface area contributed by atoms with Crippen LogP contribution in [0.4, 0.5) is 0 Å². The van der Waals surface area contributed by atoms with Crippen LogP contribution in [0.15, 0.2) is 24.3 Å². The van der Waals surface area contributed by atoms with Crippen molar-refractivity contribution in [1.82, 2.24) is 5.32 Å². The van der Waals surface area contributed by atoms with Crippen LogP contribution in [0, 0.1) is 0 Å². The first-order valence-corrected chi connectivity index (χ1v) is 6.47. The lowest BCUT2D eigenvalue weighted by atomic mass is 10.1. The number of nitrogens with one attached hydrogen (secondary N) is 1. The number of hydrogen-bond donors (Lipinski definition) is 3. The van der Waals surface area contributed by atoms with E-state index < -0.39 is 0 Å². The summed E-state index contributed by atoms with van der Waals surface area (Å²) >= 11 is 0. The lowest BCUT2D eigenvalue weighted by Crippen LogP contribution is -2.25. The second kappa shape index (κ2) is 8.53. The molecule has 100 valence electrons. The molecule has 0 aromatic heterocycles. The van der Waals surface area contributed by atoms with E-state index in [0.717, 1.165) is 24.8 Å². The number of benzene rings is 1. The Balaban J connectivity index is 2.14. The Bertz CT molecular complexity index is 367. The maximum absolute atomic E-state index is 11.5. The quantitative estimate of drug-likeness (QED) is 0.613. The van der Waals surface area contributed by atoms with E-state index in [-0.39, 0.29) is 11.7 Å². The minimum Gasteiger partial charge on any atom is -0.508 e. The Morgan fingerprint density at radius 1 is 1.22 bits per heavy atom. The second-order valence-corrected chi connectivity index (χ2v) is 4.33. The molecule has 0 aliphatic rings. The van der Waals surface area contributed by atoms with Crippen LogP contribution >= 0.6 is 0 Å². The zero-order valence-electron chi connectivity index (χ0n) is 10.7. The number of para-hydroxylation sites is 1. The summed E-state index contributed by atoms with van der Waals surface area (Å²) < 4.78 is 0. The maximum Gasteiger partial charge on any atom is 0.220 e. The first-order valence-electron chi connectivity index (χ1n) is 6.47. The second-order valence-electron chi connectivity index (χ2n) is 4.33. The summed E-state index contributed by atoms with van der Waals surface area (Å²) in [7, 11) is 0. The molecule has 4 N–H and O–H groups in total. The van der Waals surface area contributed by atoms with Gasteiger partial charge in [0.2, 0.25) is 5.91 Å². The number of carbonyl (C=O) groups is 1. The van der Waals surface area contributed by atoms with Crippen molar-refractivity contribution in [3.8, 4) is 5.75 Å². The van der Waals surface area contributed by atoms with Gasteiger partial charge < -0.3 is 16.2 Å². The third-order valence-electron chi connectivity index (χ3n) is 2.82. The van der Waals surface area contributed by atoms with Gasteiger partial charge in [-0.25, -0.2) is 0 Å². The summed E-state index contributed by atoms with van der Waals surface area (Å²) in [4.78, 5) is 11.5. The molecule has 0 saturated heterocycles. The third-order valence-corrected chi connectivity index (χ3v) is 2.82. The van der Waals surface area contributed by atoms with Crippen LogP contribution in [0.1, 0.15) is 31.2 Å². The van der Waals surface area contributed by atoms with Gasteiger partial charge in [0.15, 0.2) is 0 Å². The van der Waals surface area contributed by atoms with Crippen LogP contribution in [-0.4, -0.2) is 24.1 Å². The topological polar surface area (TPSA) is 75.4 Å². The molecule has 1 amide bonds. The molecule has 0 radical (unpaired) electrons. The lowest BCUT2D eigenvalue weighted by Gasteiger charge is -2.06. The molecule has 4 heteroatoms. The van der Waals surface area contributed by atoms with E-state index in [2.05, 4.69) is 5.32 Å². The number of amides is 1. The van der Waals surface area contributed by atoms with Gasteiger partial charge in [0.25, 0.3) is 0 Å². The predicted octanol–water partition coefficient (Wildman–Crippen LogP) is 1.57. The van der Waals surface area contributed by atoms with E-state index in [1.165, 1.54) is 0 Å². The average molecular weight is 250 g/mol. The number of aromatic hydroxyl groups is 1. The minimum absolute atomic E-state index is 0.0717. The van der Waals surface area contributed by atoms with E-state index in [0.29, 0.717) is 25.9 Å². The van der Waals surface area contributed by atoms with Gasteiger partial charge in [-0.1, -0.05) is 24.6 Å². The fourth-order valence-corrected chi connectivity index (χ4v) is 1.75. The van der Waals surface area contributed by atoms with Crippen molar-refractivity contribution in [3.05, 3.63) is 29.8 Å². The molecule has 1 aromatic carbocycles. The molecular weight excluding hydrogens is 228 g/mol.